The maximum Gasteiger partial charge on any atom is 0.407 e. The number of amides is 7. The largest absolute Gasteiger partial charge is 0.445 e. The van der Waals surface area contributed by atoms with E-state index in [2.05, 4.69) is 31.6 Å². The molecule has 1 unspecified atom stereocenters. The van der Waals surface area contributed by atoms with Gasteiger partial charge in [0.2, 0.25) is 23.6 Å². The maximum absolute atomic E-state index is 13.7. The highest BCUT2D eigenvalue weighted by molar-refractivity contribution is 7.13. The normalized spacial score (nSPS) is 13.3. The molecule has 0 spiro atoms. The molecule has 2 aromatic rings. The van der Waals surface area contributed by atoms with E-state index in [9.17, 15) is 28.8 Å². The smallest absolute Gasteiger partial charge is 0.407 e. The van der Waals surface area contributed by atoms with Gasteiger partial charge in [-0.05, 0) is 86.1 Å². The number of benzene rings is 1. The number of ether oxygens (including phenoxy) is 1. The minimum atomic E-state index is -0.890. The van der Waals surface area contributed by atoms with E-state index >= 15 is 0 Å². The highest BCUT2D eigenvalue weighted by Gasteiger charge is 2.26. The minimum Gasteiger partial charge on any atom is -0.445 e. The number of anilines is 1. The Labute approximate surface area is 376 Å². The van der Waals surface area contributed by atoms with Crippen molar-refractivity contribution in [2.24, 2.45) is 33.5 Å². The van der Waals surface area contributed by atoms with Crippen molar-refractivity contribution in [2.45, 2.75) is 124 Å². The van der Waals surface area contributed by atoms with E-state index in [4.69, 9.17) is 21.9 Å². The SMILES string of the molecule is CCCN(CCCNC(=O)CC(C)(C)C)C(=O)C1=Cc2sc(CCCCCNC(=O)OCc3ccc(NC(=O)[C@H](CCCNC(N)=O)NC(=O)C(N)C(C)C)cc3)cc2N=C(N)C1. The number of hydrogen-bond acceptors (Lipinski definition) is 11. The molecule has 11 N–H and O–H groups in total. The van der Waals surface area contributed by atoms with Gasteiger partial charge in [-0.3, -0.25) is 19.2 Å². The number of aliphatic imine (C=N–C) groups is 1. The monoisotopic (exact) mass is 895 g/mol. The second kappa shape index (κ2) is 26.2. The third-order valence-corrected chi connectivity index (χ3v) is 11.1. The predicted octanol–water partition coefficient (Wildman–Crippen LogP) is 5.20. The lowest BCUT2D eigenvalue weighted by atomic mass is 9.92. The lowest BCUT2D eigenvalue weighted by Crippen LogP contribution is -2.51. The fraction of sp³-hybridized carbons (Fsp3) is 0.578. The van der Waals surface area contributed by atoms with Crippen molar-refractivity contribution in [3.05, 3.63) is 51.2 Å². The first kappa shape index (κ1) is 51.9. The summed E-state index contributed by atoms with van der Waals surface area (Å²) in [5.41, 5.74) is 19.9. The van der Waals surface area contributed by atoms with Gasteiger partial charge in [0, 0.05) is 61.7 Å². The number of urea groups is 1. The summed E-state index contributed by atoms with van der Waals surface area (Å²) in [7, 11) is 0. The number of unbranched alkanes of at least 4 members (excludes halogenated alkanes) is 2. The van der Waals surface area contributed by atoms with E-state index in [1.165, 1.54) is 0 Å². The van der Waals surface area contributed by atoms with Gasteiger partial charge in [-0.15, -0.1) is 11.3 Å². The number of nitrogens with zero attached hydrogens (tertiary/aromatic N) is 2. The molecule has 0 radical (unpaired) electrons. The van der Waals surface area contributed by atoms with Crippen molar-refractivity contribution < 1.29 is 33.5 Å². The summed E-state index contributed by atoms with van der Waals surface area (Å²) in [5, 5.41) is 13.7. The quantitative estimate of drug-likeness (QED) is 0.0608. The number of carbonyl (C=O) groups is 6. The van der Waals surface area contributed by atoms with Crippen LogP contribution in [-0.2, 0) is 36.9 Å². The first-order chi connectivity index (χ1) is 29.8. The molecule has 0 saturated heterocycles. The summed E-state index contributed by atoms with van der Waals surface area (Å²) in [6.45, 7) is 14.1. The molecule has 1 aromatic carbocycles. The first-order valence-electron chi connectivity index (χ1n) is 22.0. The third-order valence-electron chi connectivity index (χ3n) is 9.99. The number of fused-ring (bicyclic) bond motifs is 1. The number of amidine groups is 1. The number of primary amides is 1. The van der Waals surface area contributed by atoms with Crippen molar-refractivity contribution >= 4 is 70.4 Å². The van der Waals surface area contributed by atoms with Crippen LogP contribution in [0.4, 0.5) is 21.0 Å². The van der Waals surface area contributed by atoms with Crippen LogP contribution in [0.25, 0.3) is 6.08 Å². The van der Waals surface area contributed by atoms with Gasteiger partial charge in [0.15, 0.2) is 0 Å². The van der Waals surface area contributed by atoms with Crippen LogP contribution in [0.2, 0.25) is 0 Å². The summed E-state index contributed by atoms with van der Waals surface area (Å²) in [6, 6.07) is 6.48. The summed E-state index contributed by atoms with van der Waals surface area (Å²) in [5.74, 6) is -0.663. The predicted molar refractivity (Wildman–Crippen MR) is 249 cm³/mol. The van der Waals surface area contributed by atoms with Crippen LogP contribution in [0.1, 0.15) is 115 Å². The van der Waals surface area contributed by atoms with Gasteiger partial charge < -0.3 is 53.4 Å². The Hall–Kier alpha value is -5.49. The zero-order chi connectivity index (χ0) is 46.5. The van der Waals surface area contributed by atoms with Crippen molar-refractivity contribution in [1.29, 1.82) is 0 Å². The van der Waals surface area contributed by atoms with Gasteiger partial charge in [-0.25, -0.2) is 14.6 Å². The lowest BCUT2D eigenvalue weighted by molar-refractivity contribution is -0.128. The Morgan fingerprint density at radius 3 is 2.27 bits per heavy atom. The van der Waals surface area contributed by atoms with Crippen LogP contribution >= 0.6 is 11.3 Å². The van der Waals surface area contributed by atoms with Gasteiger partial charge in [-0.2, -0.15) is 0 Å². The second-order valence-electron chi connectivity index (χ2n) is 17.4. The molecule has 7 amide bonds. The Balaban J connectivity index is 1.41. The van der Waals surface area contributed by atoms with Crippen LogP contribution in [-0.4, -0.2) is 91.3 Å². The number of thiophene rings is 1. The Morgan fingerprint density at radius 2 is 1.60 bits per heavy atom. The first-order valence-corrected chi connectivity index (χ1v) is 22.8. The Kier molecular flexibility index (Phi) is 21.6. The van der Waals surface area contributed by atoms with E-state index in [0.29, 0.717) is 68.1 Å². The lowest BCUT2D eigenvalue weighted by Gasteiger charge is -2.24. The molecule has 0 fully saturated rings. The third kappa shape index (κ3) is 19.6. The topological polar surface area (TPSA) is 265 Å². The maximum atomic E-state index is 13.7. The minimum absolute atomic E-state index is 0.0173. The second-order valence-corrected chi connectivity index (χ2v) is 18.6. The number of carbonyl (C=O) groups excluding carboxylic acids is 6. The van der Waals surface area contributed by atoms with Gasteiger partial charge in [0.05, 0.1) is 16.6 Å². The molecule has 18 heteroatoms. The standard InChI is InChI=1S/C45H70N10O7S/c1-7-22-55(23-12-21-49-38(56)27-45(4,5)6)42(59)31-24-36-35(53-37(46)25-31)26-33(63-36)13-9-8-10-19-51-44(61)62-28-30-15-17-32(18-16-30)52-40(57)34(14-11-20-50-43(48)60)54-41(58)39(47)29(2)3/h15-18,24,26,29,34,39H,7-14,19-23,25,27-28,47H2,1-6H3,(H2,46,53)(H,49,56)(H,51,61)(H,52,57)(H,54,58)(H3,48,50,60)/t34-,39?/m0/s1. The van der Waals surface area contributed by atoms with Crippen molar-refractivity contribution in [3.63, 3.8) is 0 Å². The fourth-order valence-electron chi connectivity index (χ4n) is 6.59. The number of nitrogens with two attached hydrogens (primary N) is 3. The van der Waals surface area contributed by atoms with Crippen LogP contribution in [0.3, 0.4) is 0 Å². The molecule has 348 valence electrons. The molecule has 0 saturated carbocycles. The average molecular weight is 895 g/mol. The van der Waals surface area contributed by atoms with Gasteiger partial charge in [0.25, 0.3) is 0 Å². The zero-order valence-electron chi connectivity index (χ0n) is 37.9. The Bertz CT molecular complexity index is 1910. The molecule has 0 bridgehead atoms. The van der Waals surface area contributed by atoms with E-state index < -0.39 is 36.0 Å². The van der Waals surface area contributed by atoms with Gasteiger partial charge in [-0.1, -0.05) is 60.1 Å². The van der Waals surface area contributed by atoms with Crippen molar-refractivity contribution in [2.75, 3.05) is 38.0 Å². The van der Waals surface area contributed by atoms with Crippen molar-refractivity contribution in [1.82, 2.24) is 26.2 Å². The number of aryl methyl sites for hydroxylation is 1. The molecule has 17 nitrogen and oxygen atoms in total. The average Bonchev–Trinajstić information content (AvgIpc) is 3.51. The van der Waals surface area contributed by atoms with Crippen LogP contribution in [0, 0.1) is 11.3 Å². The molecule has 1 aromatic heterocycles. The molecule has 0 aliphatic carbocycles. The number of rotatable bonds is 25. The summed E-state index contributed by atoms with van der Waals surface area (Å²) in [6.07, 6.45) is 7.60. The Morgan fingerprint density at radius 1 is 0.905 bits per heavy atom. The van der Waals surface area contributed by atoms with Crippen LogP contribution in [0.15, 0.2) is 40.9 Å². The summed E-state index contributed by atoms with van der Waals surface area (Å²) < 4.78 is 5.38. The van der Waals surface area contributed by atoms with E-state index in [1.54, 1.807) is 35.6 Å². The summed E-state index contributed by atoms with van der Waals surface area (Å²) in [4.78, 5) is 83.6. The molecule has 2 atom stereocenters. The van der Waals surface area contributed by atoms with Crippen molar-refractivity contribution in [3.8, 4) is 0 Å². The molecule has 63 heavy (non-hydrogen) atoms. The zero-order valence-corrected chi connectivity index (χ0v) is 38.7. The summed E-state index contributed by atoms with van der Waals surface area (Å²) >= 11 is 1.61. The van der Waals surface area contributed by atoms with E-state index in [0.717, 1.165) is 47.5 Å². The number of alkyl carbamates (subject to hydrolysis) is 1. The van der Waals surface area contributed by atoms with E-state index in [-0.39, 0.29) is 49.1 Å². The molecule has 2 heterocycles. The van der Waals surface area contributed by atoms with Gasteiger partial charge >= 0.3 is 12.1 Å². The molecule has 3 rings (SSSR count). The molecule has 1 aliphatic heterocycles. The molecular formula is C45H70N10O7S. The molecule has 1 aliphatic rings. The molecular weight excluding hydrogens is 825 g/mol. The fourth-order valence-corrected chi connectivity index (χ4v) is 7.70. The number of hydrogen-bond donors (Lipinski definition) is 8. The highest BCUT2D eigenvalue weighted by Crippen LogP contribution is 2.35. The van der Waals surface area contributed by atoms with Crippen LogP contribution in [0.5, 0.6) is 0 Å². The highest BCUT2D eigenvalue weighted by atomic mass is 32.1. The van der Waals surface area contributed by atoms with Gasteiger partial charge in [0.1, 0.15) is 18.5 Å². The number of nitrogens with one attached hydrogen (secondary N) is 5. The van der Waals surface area contributed by atoms with Crippen LogP contribution < -0.4 is 43.8 Å². The van der Waals surface area contributed by atoms with E-state index in [1.807, 2.05) is 58.6 Å².